The van der Waals surface area contributed by atoms with Crippen LogP contribution in [0.5, 0.6) is 5.75 Å². The van der Waals surface area contributed by atoms with Gasteiger partial charge in [0, 0.05) is 27.1 Å². The zero-order chi connectivity index (χ0) is 22.8. The van der Waals surface area contributed by atoms with E-state index >= 15 is 0 Å². The molecule has 0 bridgehead atoms. The Morgan fingerprint density at radius 2 is 1.82 bits per heavy atom. The summed E-state index contributed by atoms with van der Waals surface area (Å²) in [5.74, 6) is 1.17. The molecule has 8 heteroatoms. The van der Waals surface area contributed by atoms with Crippen molar-refractivity contribution < 1.29 is 14.3 Å². The fourth-order valence-corrected chi connectivity index (χ4v) is 4.17. The van der Waals surface area contributed by atoms with Gasteiger partial charge in [-0.2, -0.15) is 9.78 Å². The van der Waals surface area contributed by atoms with Crippen molar-refractivity contribution in [3.63, 3.8) is 0 Å². The van der Waals surface area contributed by atoms with Crippen molar-refractivity contribution in [3.05, 3.63) is 94.1 Å². The summed E-state index contributed by atoms with van der Waals surface area (Å²) in [6, 6.07) is 20.3. The van der Waals surface area contributed by atoms with Crippen LogP contribution in [0.4, 0.5) is 0 Å². The molecule has 5 rings (SSSR count). The maximum absolute atomic E-state index is 13.3. The molecule has 0 spiro atoms. The standard InChI is InChI=1S/C25H18BrN3O4/c26-18-11-16(23-14-27-15-33-23)10-17(12-18)24-21-6-1-2-7-22(21)25(31)29(28-24)19-4-3-5-20(13-19)32-9-8-30/h1-7,10-15,30H,8-9H2. The number of nitrogens with zero attached hydrogens (tertiary/aromatic N) is 3. The molecule has 2 heterocycles. The second-order valence-corrected chi connectivity index (χ2v) is 8.19. The Morgan fingerprint density at radius 1 is 1.00 bits per heavy atom. The van der Waals surface area contributed by atoms with Gasteiger partial charge in [-0.05, 0) is 36.4 Å². The molecule has 0 atom stereocenters. The van der Waals surface area contributed by atoms with Crippen LogP contribution < -0.4 is 10.3 Å². The monoisotopic (exact) mass is 503 g/mol. The number of halogens is 1. The summed E-state index contributed by atoms with van der Waals surface area (Å²) in [7, 11) is 0. The fourth-order valence-electron chi connectivity index (χ4n) is 3.67. The second-order valence-electron chi connectivity index (χ2n) is 7.27. The molecule has 0 saturated carbocycles. The largest absolute Gasteiger partial charge is 0.491 e. The Kier molecular flexibility index (Phi) is 5.77. The van der Waals surface area contributed by atoms with E-state index in [1.807, 2.05) is 36.4 Å². The number of benzene rings is 3. The Labute approximate surface area is 197 Å². The van der Waals surface area contributed by atoms with Crippen LogP contribution in [0.2, 0.25) is 0 Å². The average molecular weight is 504 g/mol. The zero-order valence-electron chi connectivity index (χ0n) is 17.3. The van der Waals surface area contributed by atoms with Crippen LogP contribution in [0, 0.1) is 0 Å². The molecule has 0 aliphatic carbocycles. The number of hydrogen-bond acceptors (Lipinski definition) is 6. The van der Waals surface area contributed by atoms with E-state index in [-0.39, 0.29) is 18.8 Å². The first-order valence-corrected chi connectivity index (χ1v) is 11.0. The summed E-state index contributed by atoms with van der Waals surface area (Å²) in [6.07, 6.45) is 3.03. The number of fused-ring (bicyclic) bond motifs is 1. The van der Waals surface area contributed by atoms with Gasteiger partial charge in [0.2, 0.25) is 0 Å². The first kappa shape index (κ1) is 21.1. The molecule has 0 saturated heterocycles. The highest BCUT2D eigenvalue weighted by molar-refractivity contribution is 9.10. The lowest BCUT2D eigenvalue weighted by Gasteiger charge is -2.13. The zero-order valence-corrected chi connectivity index (χ0v) is 18.9. The highest BCUT2D eigenvalue weighted by Gasteiger charge is 2.16. The van der Waals surface area contributed by atoms with Crippen molar-refractivity contribution in [2.24, 2.45) is 0 Å². The molecule has 1 N–H and O–H groups in total. The smallest absolute Gasteiger partial charge is 0.279 e. The third kappa shape index (κ3) is 4.18. The summed E-state index contributed by atoms with van der Waals surface area (Å²) >= 11 is 3.58. The van der Waals surface area contributed by atoms with E-state index in [0.29, 0.717) is 28.3 Å². The molecule has 164 valence electrons. The molecule has 0 amide bonds. The third-order valence-electron chi connectivity index (χ3n) is 5.12. The van der Waals surface area contributed by atoms with Gasteiger partial charge in [-0.1, -0.05) is 40.2 Å². The number of rotatable bonds is 6. The van der Waals surface area contributed by atoms with E-state index in [2.05, 4.69) is 20.9 Å². The van der Waals surface area contributed by atoms with Gasteiger partial charge in [0.25, 0.3) is 5.56 Å². The number of hydrogen-bond donors (Lipinski definition) is 1. The average Bonchev–Trinajstić information content (AvgIpc) is 3.38. The minimum absolute atomic E-state index is 0.0983. The van der Waals surface area contributed by atoms with Gasteiger partial charge in [0.05, 0.1) is 29.6 Å². The van der Waals surface area contributed by atoms with Crippen LogP contribution in [0.25, 0.3) is 39.0 Å². The van der Waals surface area contributed by atoms with Gasteiger partial charge in [-0.25, -0.2) is 4.98 Å². The Bertz CT molecular complexity index is 1500. The SMILES string of the molecule is O=c1c2ccccc2c(-c2cc(Br)cc(-c3cnco3)c2)nn1-c1cccc(OCCO)c1. The number of aliphatic hydroxyl groups is 1. The van der Waals surface area contributed by atoms with Gasteiger partial charge >= 0.3 is 0 Å². The topological polar surface area (TPSA) is 90.4 Å². The highest BCUT2D eigenvalue weighted by Crippen LogP contribution is 2.32. The van der Waals surface area contributed by atoms with Gasteiger partial charge < -0.3 is 14.3 Å². The van der Waals surface area contributed by atoms with E-state index in [1.165, 1.54) is 11.1 Å². The maximum Gasteiger partial charge on any atom is 0.279 e. The molecule has 0 unspecified atom stereocenters. The highest BCUT2D eigenvalue weighted by atomic mass is 79.9. The van der Waals surface area contributed by atoms with Crippen LogP contribution in [0.1, 0.15) is 0 Å². The summed E-state index contributed by atoms with van der Waals surface area (Å²) < 4.78 is 13.2. The Balaban J connectivity index is 1.73. The molecule has 0 radical (unpaired) electrons. The summed E-state index contributed by atoms with van der Waals surface area (Å²) in [5.41, 5.74) is 2.62. The van der Waals surface area contributed by atoms with Crippen molar-refractivity contribution in [2.75, 3.05) is 13.2 Å². The molecule has 2 aromatic heterocycles. The molecule has 0 fully saturated rings. The van der Waals surface area contributed by atoms with Crippen molar-refractivity contribution >= 4 is 26.7 Å². The lowest BCUT2D eigenvalue weighted by molar-refractivity contribution is 0.201. The summed E-state index contributed by atoms with van der Waals surface area (Å²) in [5, 5.41) is 15.1. The van der Waals surface area contributed by atoms with Gasteiger partial charge in [0.1, 0.15) is 12.4 Å². The van der Waals surface area contributed by atoms with Crippen molar-refractivity contribution in [1.29, 1.82) is 0 Å². The molecule has 33 heavy (non-hydrogen) atoms. The Hall–Kier alpha value is -3.75. The van der Waals surface area contributed by atoms with Crippen molar-refractivity contribution in [3.8, 4) is 34.0 Å². The van der Waals surface area contributed by atoms with Crippen LogP contribution in [-0.2, 0) is 0 Å². The van der Waals surface area contributed by atoms with Crippen molar-refractivity contribution in [2.45, 2.75) is 0 Å². The molecule has 7 nitrogen and oxygen atoms in total. The summed E-state index contributed by atoms with van der Waals surface area (Å²) in [6.45, 7) is 0.0656. The maximum atomic E-state index is 13.3. The van der Waals surface area contributed by atoms with E-state index in [9.17, 15) is 4.79 Å². The Morgan fingerprint density at radius 3 is 2.61 bits per heavy atom. The summed E-state index contributed by atoms with van der Waals surface area (Å²) in [4.78, 5) is 17.4. The van der Waals surface area contributed by atoms with Gasteiger partial charge in [0.15, 0.2) is 12.2 Å². The van der Waals surface area contributed by atoms with E-state index in [4.69, 9.17) is 19.4 Å². The van der Waals surface area contributed by atoms with Crippen LogP contribution in [0.3, 0.4) is 0 Å². The van der Waals surface area contributed by atoms with Crippen LogP contribution >= 0.6 is 15.9 Å². The first-order chi connectivity index (χ1) is 16.1. The molecule has 0 aliphatic rings. The molecular formula is C25H18BrN3O4. The number of aromatic nitrogens is 3. The van der Waals surface area contributed by atoms with Gasteiger partial charge in [-0.3, -0.25) is 4.79 Å². The fraction of sp³-hybridized carbons (Fsp3) is 0.0800. The lowest BCUT2D eigenvalue weighted by atomic mass is 10.0. The number of ether oxygens (including phenoxy) is 1. The van der Waals surface area contributed by atoms with Crippen LogP contribution in [-0.4, -0.2) is 33.1 Å². The third-order valence-corrected chi connectivity index (χ3v) is 5.57. The molecule has 3 aromatic carbocycles. The van der Waals surface area contributed by atoms with E-state index < -0.39 is 0 Å². The minimum Gasteiger partial charge on any atom is -0.491 e. The predicted molar refractivity (Wildman–Crippen MR) is 129 cm³/mol. The van der Waals surface area contributed by atoms with Gasteiger partial charge in [-0.15, -0.1) is 0 Å². The van der Waals surface area contributed by atoms with Crippen molar-refractivity contribution in [1.82, 2.24) is 14.8 Å². The second kappa shape index (κ2) is 9.01. The minimum atomic E-state index is -0.237. The van der Waals surface area contributed by atoms with Crippen LogP contribution in [0.15, 0.2) is 93.0 Å². The molecule has 5 aromatic rings. The predicted octanol–water partition coefficient (Wildman–Crippen LogP) is 4.84. The molecule has 0 aliphatic heterocycles. The normalized spacial score (nSPS) is 11.1. The van der Waals surface area contributed by atoms with E-state index in [1.54, 1.807) is 36.5 Å². The molecular weight excluding hydrogens is 486 g/mol. The first-order valence-electron chi connectivity index (χ1n) is 10.2. The quantitative estimate of drug-likeness (QED) is 0.356. The number of oxazole rings is 1. The lowest BCUT2D eigenvalue weighted by Crippen LogP contribution is -2.22. The number of aliphatic hydroxyl groups excluding tert-OH is 1. The van der Waals surface area contributed by atoms with E-state index in [0.717, 1.165) is 21.0 Å².